The van der Waals surface area contributed by atoms with E-state index in [0.29, 0.717) is 13.2 Å². The first-order valence-corrected chi connectivity index (χ1v) is 9.08. The van der Waals surface area contributed by atoms with E-state index in [1.165, 1.54) is 0 Å². The smallest absolute Gasteiger partial charge is 0.193 e. The first-order chi connectivity index (χ1) is 12.9. The van der Waals surface area contributed by atoms with Crippen LogP contribution in [0.15, 0.2) is 52.2 Å². The predicted octanol–water partition coefficient (Wildman–Crippen LogP) is 2.60. The summed E-state index contributed by atoms with van der Waals surface area (Å²) in [6, 6.07) is 9.83. The van der Waals surface area contributed by atoms with Crippen molar-refractivity contribution in [1.29, 1.82) is 0 Å². The van der Waals surface area contributed by atoms with Crippen molar-refractivity contribution in [1.82, 2.24) is 15.2 Å². The highest BCUT2D eigenvalue weighted by Gasteiger charge is 2.20. The lowest BCUT2D eigenvalue weighted by Gasteiger charge is -2.37. The number of nitrogens with zero attached hydrogens (tertiary/aromatic N) is 4. The molecule has 1 fully saturated rings. The molecule has 0 spiro atoms. The van der Waals surface area contributed by atoms with Crippen LogP contribution in [0, 0.1) is 0 Å². The number of guanidine groups is 1. The molecule has 148 valence electrons. The third-order valence-electron chi connectivity index (χ3n) is 4.34. The highest BCUT2D eigenvalue weighted by molar-refractivity contribution is 14.0. The Morgan fingerprint density at radius 1 is 1.22 bits per heavy atom. The van der Waals surface area contributed by atoms with Gasteiger partial charge in [0.2, 0.25) is 0 Å². The Hall–Kier alpha value is -1.81. The minimum Gasteiger partial charge on any atom is -0.467 e. The highest BCUT2D eigenvalue weighted by Crippen LogP contribution is 2.12. The second-order valence-electron chi connectivity index (χ2n) is 6.12. The lowest BCUT2D eigenvalue weighted by molar-refractivity contribution is 0.104. The Bertz CT molecular complexity index is 658. The summed E-state index contributed by atoms with van der Waals surface area (Å²) in [5.41, 5.74) is 0. The normalized spacial score (nSPS) is 14.8. The first-order valence-electron chi connectivity index (χ1n) is 9.08. The van der Waals surface area contributed by atoms with Crippen LogP contribution in [-0.2, 0) is 11.3 Å². The number of hydrogen-bond donors (Lipinski definition) is 1. The van der Waals surface area contributed by atoms with Crippen molar-refractivity contribution in [2.45, 2.75) is 13.0 Å². The van der Waals surface area contributed by atoms with Gasteiger partial charge in [0.25, 0.3) is 0 Å². The molecule has 7 nitrogen and oxygen atoms in total. The van der Waals surface area contributed by atoms with Gasteiger partial charge in [0.1, 0.15) is 18.2 Å². The van der Waals surface area contributed by atoms with Crippen molar-refractivity contribution < 1.29 is 9.15 Å². The third kappa shape index (κ3) is 6.69. The predicted molar refractivity (Wildman–Crippen MR) is 118 cm³/mol. The number of furan rings is 1. The maximum absolute atomic E-state index is 5.60. The fourth-order valence-corrected chi connectivity index (χ4v) is 2.96. The molecule has 0 bridgehead atoms. The van der Waals surface area contributed by atoms with Crippen molar-refractivity contribution in [2.24, 2.45) is 4.99 Å². The van der Waals surface area contributed by atoms with Gasteiger partial charge in [-0.3, -0.25) is 4.99 Å². The standard InChI is InChI=1S/C19H27N5O2.HI/c1-20-19(22-9-5-14-25-16-17-6-4-15-26-17)24-12-10-23(11-13-24)18-7-2-3-8-21-18;/h2-4,6-8,15H,5,9-14,16H2,1H3,(H,20,22);1H. The fraction of sp³-hybridized carbons (Fsp3) is 0.474. The molecule has 27 heavy (non-hydrogen) atoms. The van der Waals surface area contributed by atoms with Gasteiger partial charge in [-0.2, -0.15) is 0 Å². The number of pyridine rings is 1. The van der Waals surface area contributed by atoms with Crippen molar-refractivity contribution in [3.05, 3.63) is 48.6 Å². The molecule has 1 saturated heterocycles. The number of halogens is 1. The van der Waals surface area contributed by atoms with Crippen LogP contribution in [0.4, 0.5) is 5.82 Å². The molecule has 1 aliphatic rings. The Balaban J connectivity index is 0.00000261. The van der Waals surface area contributed by atoms with Crippen molar-refractivity contribution >= 4 is 35.8 Å². The van der Waals surface area contributed by atoms with E-state index < -0.39 is 0 Å². The van der Waals surface area contributed by atoms with Gasteiger partial charge < -0.3 is 24.3 Å². The molecule has 3 heterocycles. The monoisotopic (exact) mass is 485 g/mol. The van der Waals surface area contributed by atoms with Gasteiger partial charge in [-0.1, -0.05) is 6.07 Å². The van der Waals surface area contributed by atoms with E-state index in [4.69, 9.17) is 9.15 Å². The lowest BCUT2D eigenvalue weighted by Crippen LogP contribution is -2.52. The quantitative estimate of drug-likeness (QED) is 0.282. The zero-order valence-corrected chi connectivity index (χ0v) is 18.0. The maximum atomic E-state index is 5.60. The van der Waals surface area contributed by atoms with Crippen molar-refractivity contribution in [3.63, 3.8) is 0 Å². The summed E-state index contributed by atoms with van der Waals surface area (Å²) >= 11 is 0. The van der Waals surface area contributed by atoms with E-state index in [2.05, 4.69) is 31.2 Å². The number of nitrogens with one attached hydrogen (secondary N) is 1. The Labute approximate surface area is 177 Å². The summed E-state index contributed by atoms with van der Waals surface area (Å²) < 4.78 is 10.8. The molecule has 0 atom stereocenters. The van der Waals surface area contributed by atoms with E-state index in [-0.39, 0.29) is 24.0 Å². The molecule has 1 N–H and O–H groups in total. The van der Waals surface area contributed by atoms with Crippen LogP contribution in [0.1, 0.15) is 12.2 Å². The Kier molecular flexibility index (Phi) is 9.40. The number of aromatic nitrogens is 1. The van der Waals surface area contributed by atoms with Gasteiger partial charge in [0.05, 0.1) is 6.26 Å². The van der Waals surface area contributed by atoms with E-state index in [1.54, 1.807) is 6.26 Å². The molecule has 8 heteroatoms. The summed E-state index contributed by atoms with van der Waals surface area (Å²) in [7, 11) is 1.83. The summed E-state index contributed by atoms with van der Waals surface area (Å²) in [6.07, 6.45) is 4.43. The van der Waals surface area contributed by atoms with Crippen LogP contribution in [0.5, 0.6) is 0 Å². The molecule has 2 aromatic heterocycles. The average Bonchev–Trinajstić information content (AvgIpc) is 3.22. The molecule has 0 aliphatic carbocycles. The lowest BCUT2D eigenvalue weighted by atomic mass is 10.3. The molecular formula is C19H28IN5O2. The first kappa shape index (κ1) is 21.5. The van der Waals surface area contributed by atoms with Crippen molar-refractivity contribution in [2.75, 3.05) is 51.3 Å². The number of anilines is 1. The van der Waals surface area contributed by atoms with Gasteiger partial charge in [0, 0.05) is 52.6 Å². The number of aliphatic imine (C=N–C) groups is 1. The second kappa shape index (κ2) is 11.8. The van der Waals surface area contributed by atoms with Gasteiger partial charge in [-0.05, 0) is 30.7 Å². The molecule has 0 unspecified atom stereocenters. The van der Waals surface area contributed by atoms with Gasteiger partial charge in [-0.25, -0.2) is 4.98 Å². The number of ether oxygens (including phenoxy) is 1. The van der Waals surface area contributed by atoms with Gasteiger partial charge in [0.15, 0.2) is 5.96 Å². The average molecular weight is 485 g/mol. The van der Waals surface area contributed by atoms with Crippen LogP contribution in [0.3, 0.4) is 0 Å². The van der Waals surface area contributed by atoms with Crippen LogP contribution < -0.4 is 10.2 Å². The van der Waals surface area contributed by atoms with Crippen LogP contribution in [0.2, 0.25) is 0 Å². The minimum atomic E-state index is 0. The van der Waals surface area contributed by atoms with Gasteiger partial charge in [-0.15, -0.1) is 24.0 Å². The zero-order valence-electron chi connectivity index (χ0n) is 15.7. The molecular weight excluding hydrogens is 457 g/mol. The molecule has 0 radical (unpaired) electrons. The number of piperazine rings is 1. The van der Waals surface area contributed by atoms with E-state index in [9.17, 15) is 0 Å². The van der Waals surface area contributed by atoms with Crippen LogP contribution in [-0.4, -0.2) is 62.2 Å². The Morgan fingerprint density at radius 3 is 2.74 bits per heavy atom. The molecule has 1 aliphatic heterocycles. The largest absolute Gasteiger partial charge is 0.467 e. The van der Waals surface area contributed by atoms with E-state index >= 15 is 0 Å². The summed E-state index contributed by atoms with van der Waals surface area (Å²) in [5, 5.41) is 3.43. The summed E-state index contributed by atoms with van der Waals surface area (Å²) in [4.78, 5) is 13.4. The third-order valence-corrected chi connectivity index (χ3v) is 4.34. The van der Waals surface area contributed by atoms with Gasteiger partial charge >= 0.3 is 0 Å². The summed E-state index contributed by atoms with van der Waals surface area (Å²) in [5.74, 6) is 2.86. The fourth-order valence-electron chi connectivity index (χ4n) is 2.96. The number of hydrogen-bond acceptors (Lipinski definition) is 5. The topological polar surface area (TPSA) is 66.1 Å². The van der Waals surface area contributed by atoms with E-state index in [0.717, 1.165) is 56.7 Å². The molecule has 0 saturated carbocycles. The second-order valence-corrected chi connectivity index (χ2v) is 6.12. The number of rotatable bonds is 7. The van der Waals surface area contributed by atoms with E-state index in [1.807, 2.05) is 37.5 Å². The van der Waals surface area contributed by atoms with Crippen LogP contribution >= 0.6 is 24.0 Å². The SMILES string of the molecule is CN=C(NCCCOCc1ccco1)N1CCN(c2ccccn2)CC1.I. The summed E-state index contributed by atoms with van der Waals surface area (Å²) in [6.45, 7) is 5.82. The zero-order chi connectivity index (χ0) is 18.0. The maximum Gasteiger partial charge on any atom is 0.193 e. The minimum absolute atomic E-state index is 0. The molecule has 0 amide bonds. The molecule has 0 aromatic carbocycles. The highest BCUT2D eigenvalue weighted by atomic mass is 127. The Morgan fingerprint density at radius 2 is 2.07 bits per heavy atom. The molecule has 3 rings (SSSR count). The van der Waals surface area contributed by atoms with Crippen LogP contribution in [0.25, 0.3) is 0 Å². The van der Waals surface area contributed by atoms with Crippen molar-refractivity contribution in [3.8, 4) is 0 Å². The molecule has 2 aromatic rings.